The molecule has 0 radical (unpaired) electrons. The molecule has 0 amide bonds. The van der Waals surface area contributed by atoms with E-state index >= 15 is 0 Å². The lowest BCUT2D eigenvalue weighted by molar-refractivity contribution is -0.141. The third-order valence-electron chi connectivity index (χ3n) is 0.972. The fourth-order valence-electron chi connectivity index (χ4n) is 0.408. The highest BCUT2D eigenvalue weighted by molar-refractivity contribution is 6.36. The zero-order chi connectivity index (χ0) is 8.85. The van der Waals surface area contributed by atoms with E-state index in [4.69, 9.17) is 23.2 Å². The Morgan fingerprint density at radius 1 is 1.73 bits per heavy atom. The number of rotatable bonds is 4. The summed E-state index contributed by atoms with van der Waals surface area (Å²) in [5, 5.41) is -1.20. The molecule has 0 saturated heterocycles. The van der Waals surface area contributed by atoms with Crippen LogP contribution in [-0.4, -0.2) is 23.3 Å². The zero-order valence-corrected chi connectivity index (χ0v) is 7.73. The topological polar surface area (TPSA) is 26.3 Å². The van der Waals surface area contributed by atoms with Gasteiger partial charge in [-0.2, -0.15) is 0 Å². The lowest BCUT2D eigenvalue weighted by Crippen LogP contribution is -2.25. The molecule has 0 rings (SSSR count). The van der Waals surface area contributed by atoms with E-state index in [-0.39, 0.29) is 6.61 Å². The molecule has 2 atom stereocenters. The molecule has 0 spiro atoms. The van der Waals surface area contributed by atoms with Crippen LogP contribution in [0.25, 0.3) is 0 Å². The van der Waals surface area contributed by atoms with E-state index in [0.29, 0.717) is 0 Å². The van der Waals surface area contributed by atoms with Gasteiger partial charge in [-0.25, -0.2) is 0 Å². The van der Waals surface area contributed by atoms with Crippen molar-refractivity contribution >= 4 is 29.2 Å². The van der Waals surface area contributed by atoms with E-state index in [1.54, 1.807) is 6.92 Å². The Balaban J connectivity index is 3.73. The third-order valence-corrected chi connectivity index (χ3v) is 1.91. The van der Waals surface area contributed by atoms with Crippen LogP contribution in [0.3, 0.4) is 0 Å². The van der Waals surface area contributed by atoms with E-state index in [2.05, 4.69) is 11.3 Å². The Hall–Kier alpha value is -0.210. The Kier molecular flexibility index (Phi) is 5.34. The monoisotopic (exact) mass is 196 g/mol. The SMILES string of the molecule is C=CCOC(=O)C(Cl)C(C)Cl. The van der Waals surface area contributed by atoms with Gasteiger partial charge in [0, 0.05) is 0 Å². The van der Waals surface area contributed by atoms with E-state index in [0.717, 1.165) is 0 Å². The molecule has 0 saturated carbocycles. The van der Waals surface area contributed by atoms with Crippen LogP contribution in [0.2, 0.25) is 0 Å². The molecule has 0 heterocycles. The fourth-order valence-corrected chi connectivity index (χ4v) is 0.574. The summed E-state index contributed by atoms with van der Waals surface area (Å²) >= 11 is 11.1. The quantitative estimate of drug-likeness (QED) is 0.391. The fraction of sp³-hybridized carbons (Fsp3) is 0.571. The van der Waals surface area contributed by atoms with Crippen molar-refractivity contribution in [2.45, 2.75) is 17.7 Å². The van der Waals surface area contributed by atoms with Gasteiger partial charge in [0.25, 0.3) is 0 Å². The minimum atomic E-state index is -0.781. The highest BCUT2D eigenvalue weighted by atomic mass is 35.5. The zero-order valence-electron chi connectivity index (χ0n) is 6.22. The number of carbonyl (C=O) groups excluding carboxylic acids is 1. The number of hydrogen-bond donors (Lipinski definition) is 0. The summed E-state index contributed by atoms with van der Waals surface area (Å²) in [6, 6.07) is 0. The van der Waals surface area contributed by atoms with Gasteiger partial charge in [-0.15, -0.1) is 23.2 Å². The van der Waals surface area contributed by atoms with Crippen molar-refractivity contribution in [2.24, 2.45) is 0 Å². The molecule has 2 nitrogen and oxygen atoms in total. The van der Waals surface area contributed by atoms with Crippen LogP contribution >= 0.6 is 23.2 Å². The van der Waals surface area contributed by atoms with Gasteiger partial charge in [0.15, 0.2) is 0 Å². The molecule has 0 N–H and O–H groups in total. The highest BCUT2D eigenvalue weighted by Crippen LogP contribution is 2.10. The van der Waals surface area contributed by atoms with Crippen molar-refractivity contribution in [3.05, 3.63) is 12.7 Å². The minimum absolute atomic E-state index is 0.172. The number of carbonyl (C=O) groups is 1. The summed E-state index contributed by atoms with van der Waals surface area (Å²) < 4.78 is 4.64. The molecular formula is C7H10Cl2O2. The first-order chi connectivity index (χ1) is 5.09. The predicted octanol–water partition coefficient (Wildman–Crippen LogP) is 1.95. The first kappa shape index (κ1) is 10.8. The second-order valence-corrected chi connectivity index (χ2v) is 3.16. The lowest BCUT2D eigenvalue weighted by Gasteiger charge is -2.09. The van der Waals surface area contributed by atoms with Crippen molar-refractivity contribution < 1.29 is 9.53 Å². The minimum Gasteiger partial charge on any atom is -0.460 e. The van der Waals surface area contributed by atoms with Gasteiger partial charge in [-0.3, -0.25) is 4.79 Å². The van der Waals surface area contributed by atoms with Crippen LogP contribution in [0.5, 0.6) is 0 Å². The molecule has 11 heavy (non-hydrogen) atoms. The lowest BCUT2D eigenvalue weighted by atomic mass is 10.3. The van der Waals surface area contributed by atoms with Crippen LogP contribution in [0.4, 0.5) is 0 Å². The smallest absolute Gasteiger partial charge is 0.325 e. The van der Waals surface area contributed by atoms with Crippen molar-refractivity contribution in [1.29, 1.82) is 0 Å². The molecule has 4 heteroatoms. The average molecular weight is 197 g/mol. The molecular weight excluding hydrogens is 187 g/mol. The van der Waals surface area contributed by atoms with Crippen LogP contribution in [0.15, 0.2) is 12.7 Å². The maximum absolute atomic E-state index is 10.9. The Morgan fingerprint density at radius 3 is 2.64 bits per heavy atom. The predicted molar refractivity (Wildman–Crippen MR) is 46.1 cm³/mol. The van der Waals surface area contributed by atoms with Gasteiger partial charge >= 0.3 is 5.97 Å². The molecule has 0 aromatic heterocycles. The maximum Gasteiger partial charge on any atom is 0.325 e. The van der Waals surface area contributed by atoms with Crippen LogP contribution < -0.4 is 0 Å². The average Bonchev–Trinajstić information content (AvgIpc) is 1.98. The van der Waals surface area contributed by atoms with Crippen molar-refractivity contribution in [2.75, 3.05) is 6.61 Å². The Morgan fingerprint density at radius 2 is 2.27 bits per heavy atom. The number of ether oxygens (including phenoxy) is 1. The third kappa shape index (κ3) is 4.27. The van der Waals surface area contributed by atoms with Crippen molar-refractivity contribution in [1.82, 2.24) is 0 Å². The summed E-state index contributed by atoms with van der Waals surface area (Å²) in [4.78, 5) is 10.9. The first-order valence-electron chi connectivity index (χ1n) is 3.15. The maximum atomic E-state index is 10.9. The van der Waals surface area contributed by atoms with Crippen molar-refractivity contribution in [3.8, 4) is 0 Å². The van der Waals surface area contributed by atoms with Crippen LogP contribution in [0.1, 0.15) is 6.92 Å². The van der Waals surface area contributed by atoms with E-state index < -0.39 is 16.7 Å². The number of hydrogen-bond acceptors (Lipinski definition) is 2. The van der Waals surface area contributed by atoms with Gasteiger partial charge in [-0.1, -0.05) is 12.7 Å². The summed E-state index contributed by atoms with van der Waals surface area (Å²) in [6.07, 6.45) is 1.47. The van der Waals surface area contributed by atoms with E-state index in [1.165, 1.54) is 6.08 Å². The van der Waals surface area contributed by atoms with E-state index in [1.807, 2.05) is 0 Å². The molecule has 64 valence electrons. The molecule has 0 bridgehead atoms. The van der Waals surface area contributed by atoms with Crippen LogP contribution in [0, 0.1) is 0 Å². The molecule has 0 aromatic rings. The number of halogens is 2. The molecule has 0 aliphatic heterocycles. The molecule has 2 unspecified atom stereocenters. The number of esters is 1. The first-order valence-corrected chi connectivity index (χ1v) is 4.02. The molecule has 0 aliphatic rings. The summed E-state index contributed by atoms with van der Waals surface area (Å²) in [6.45, 7) is 5.19. The Bertz CT molecular complexity index is 145. The second kappa shape index (κ2) is 5.44. The summed E-state index contributed by atoms with van der Waals surface area (Å²) in [7, 11) is 0. The van der Waals surface area contributed by atoms with E-state index in [9.17, 15) is 4.79 Å². The summed E-state index contributed by atoms with van der Waals surface area (Å²) in [5.74, 6) is -0.505. The largest absolute Gasteiger partial charge is 0.460 e. The Labute approximate surface area is 76.1 Å². The van der Waals surface area contributed by atoms with Gasteiger partial charge in [-0.05, 0) is 6.92 Å². The standard InChI is InChI=1S/C7H10Cl2O2/c1-3-4-11-7(10)6(9)5(2)8/h3,5-6H,1,4H2,2H3. The molecule has 0 aliphatic carbocycles. The van der Waals surface area contributed by atoms with Gasteiger partial charge in [0.05, 0.1) is 5.38 Å². The molecule has 0 aromatic carbocycles. The highest BCUT2D eigenvalue weighted by Gasteiger charge is 2.21. The molecule has 0 fully saturated rings. The van der Waals surface area contributed by atoms with Gasteiger partial charge < -0.3 is 4.74 Å². The van der Waals surface area contributed by atoms with Gasteiger partial charge in [0.1, 0.15) is 12.0 Å². The van der Waals surface area contributed by atoms with Crippen LogP contribution in [-0.2, 0) is 9.53 Å². The second-order valence-electron chi connectivity index (χ2n) is 2.00. The van der Waals surface area contributed by atoms with Gasteiger partial charge in [0.2, 0.25) is 0 Å². The normalized spacial score (nSPS) is 15.2. The van der Waals surface area contributed by atoms with Crippen molar-refractivity contribution in [3.63, 3.8) is 0 Å². The summed E-state index contributed by atoms with van der Waals surface area (Å²) in [5.41, 5.74) is 0. The number of alkyl halides is 2.